The average Bonchev–Trinajstić information content (AvgIpc) is 2.38. The zero-order valence-corrected chi connectivity index (χ0v) is 11.4. The van der Waals surface area contributed by atoms with Crippen LogP contribution in [-0.4, -0.2) is 8.80 Å². The first-order valence-electron chi connectivity index (χ1n) is 5.91. The van der Waals surface area contributed by atoms with Crippen LogP contribution >= 0.6 is 0 Å². The molecule has 0 saturated heterocycles. The van der Waals surface area contributed by atoms with E-state index in [0.717, 1.165) is 12.1 Å². The van der Waals surface area contributed by atoms with Gasteiger partial charge in [0.05, 0.1) is 8.80 Å². The second-order valence-corrected chi connectivity index (χ2v) is 6.68. The van der Waals surface area contributed by atoms with Gasteiger partial charge in [-0.05, 0) is 22.9 Å². The first kappa shape index (κ1) is 14.4. The standard InChI is InChI=1S/C16H17Si.FH/c1-3-12-17(13-4-2)16-11-7-9-14-8-5-6-10-15(14)16;/h3-11H,1-2,12-13H2;1H. The minimum atomic E-state index is -0.585. The Balaban J connectivity index is 0.00000162. The fraction of sp³-hybridized carbons (Fsp3) is 0.125. The smallest absolute Gasteiger partial charge is 0.0942 e. The molecular weight excluding hydrogens is 239 g/mol. The molecule has 2 aromatic rings. The van der Waals surface area contributed by atoms with Crippen molar-refractivity contribution in [1.29, 1.82) is 0 Å². The number of benzene rings is 2. The summed E-state index contributed by atoms with van der Waals surface area (Å²) in [6.45, 7) is 7.76. The van der Waals surface area contributed by atoms with E-state index in [1.807, 2.05) is 12.2 Å². The van der Waals surface area contributed by atoms with Crippen molar-refractivity contribution in [1.82, 2.24) is 0 Å². The molecule has 0 aliphatic rings. The SMILES string of the molecule is C=CC[Si](CC=C)c1cccc2ccccc12.F. The molecule has 0 aromatic heterocycles. The molecule has 18 heavy (non-hydrogen) atoms. The van der Waals surface area contributed by atoms with Gasteiger partial charge in [-0.15, -0.1) is 13.2 Å². The largest absolute Gasteiger partial charge is 0.269 e. The Labute approximate surface area is 110 Å². The third-order valence-electron chi connectivity index (χ3n) is 2.95. The van der Waals surface area contributed by atoms with Crippen molar-refractivity contribution >= 4 is 24.8 Å². The van der Waals surface area contributed by atoms with E-state index in [9.17, 15) is 0 Å². The summed E-state index contributed by atoms with van der Waals surface area (Å²) in [5.41, 5.74) is 0. The molecule has 2 aromatic carbocycles. The van der Waals surface area contributed by atoms with Gasteiger partial charge in [0.15, 0.2) is 0 Å². The fourth-order valence-corrected chi connectivity index (χ4v) is 4.43. The van der Waals surface area contributed by atoms with E-state index in [1.54, 1.807) is 0 Å². The van der Waals surface area contributed by atoms with Crippen molar-refractivity contribution in [2.24, 2.45) is 0 Å². The molecule has 0 aliphatic carbocycles. The maximum Gasteiger partial charge on any atom is 0.0942 e. The van der Waals surface area contributed by atoms with Crippen LogP contribution in [-0.2, 0) is 0 Å². The fourth-order valence-electron chi connectivity index (χ4n) is 2.19. The van der Waals surface area contributed by atoms with Crippen molar-refractivity contribution in [3.63, 3.8) is 0 Å². The van der Waals surface area contributed by atoms with E-state index >= 15 is 0 Å². The zero-order valence-electron chi connectivity index (χ0n) is 10.4. The zero-order chi connectivity index (χ0) is 12.1. The van der Waals surface area contributed by atoms with Crippen molar-refractivity contribution in [3.05, 3.63) is 67.8 Å². The molecule has 0 N–H and O–H groups in total. The molecular formula is C16H18FSi. The van der Waals surface area contributed by atoms with E-state index in [0.29, 0.717) is 0 Å². The van der Waals surface area contributed by atoms with Gasteiger partial charge in [-0.3, -0.25) is 4.70 Å². The van der Waals surface area contributed by atoms with Crippen LogP contribution in [0.15, 0.2) is 67.8 Å². The van der Waals surface area contributed by atoms with Gasteiger partial charge in [0, 0.05) is 0 Å². The molecule has 0 heterocycles. The van der Waals surface area contributed by atoms with E-state index in [-0.39, 0.29) is 4.70 Å². The monoisotopic (exact) mass is 257 g/mol. The lowest BCUT2D eigenvalue weighted by Crippen LogP contribution is -2.29. The quantitative estimate of drug-likeness (QED) is 0.559. The summed E-state index contributed by atoms with van der Waals surface area (Å²) in [4.78, 5) is 0. The van der Waals surface area contributed by atoms with Crippen molar-refractivity contribution < 1.29 is 4.70 Å². The van der Waals surface area contributed by atoms with Gasteiger partial charge in [0.25, 0.3) is 0 Å². The number of rotatable bonds is 5. The summed E-state index contributed by atoms with van der Waals surface area (Å²) in [7, 11) is -0.585. The summed E-state index contributed by atoms with van der Waals surface area (Å²) in [5, 5.41) is 4.24. The third kappa shape index (κ3) is 2.96. The molecule has 0 fully saturated rings. The van der Waals surface area contributed by atoms with Crippen LogP contribution in [0.5, 0.6) is 0 Å². The summed E-state index contributed by atoms with van der Waals surface area (Å²) in [6.07, 6.45) is 4.08. The predicted octanol–water partition coefficient (Wildman–Crippen LogP) is 4.07. The Bertz CT molecular complexity index is 518. The van der Waals surface area contributed by atoms with Crippen molar-refractivity contribution in [2.75, 3.05) is 0 Å². The Kier molecular flexibility index (Phi) is 5.53. The molecule has 2 heteroatoms. The second-order valence-electron chi connectivity index (χ2n) is 4.12. The molecule has 0 spiro atoms. The molecule has 0 bridgehead atoms. The first-order valence-corrected chi connectivity index (χ1v) is 7.83. The predicted molar refractivity (Wildman–Crippen MR) is 81.8 cm³/mol. The van der Waals surface area contributed by atoms with E-state index < -0.39 is 8.80 Å². The molecule has 93 valence electrons. The Morgan fingerprint density at radius 1 is 0.889 bits per heavy atom. The normalized spacial score (nSPS) is 10.1. The Morgan fingerprint density at radius 3 is 2.17 bits per heavy atom. The highest BCUT2D eigenvalue weighted by molar-refractivity contribution is 6.76. The maximum atomic E-state index is 3.88. The number of halogens is 1. The van der Waals surface area contributed by atoms with Gasteiger partial charge >= 0.3 is 0 Å². The number of allylic oxidation sites excluding steroid dienone is 2. The second kappa shape index (κ2) is 6.92. The van der Waals surface area contributed by atoms with Gasteiger partial charge in [-0.1, -0.05) is 59.8 Å². The molecule has 0 unspecified atom stereocenters. The minimum absolute atomic E-state index is 0. The average molecular weight is 257 g/mol. The number of hydrogen-bond donors (Lipinski definition) is 0. The van der Waals surface area contributed by atoms with Crippen LogP contribution in [0.4, 0.5) is 4.70 Å². The Hall–Kier alpha value is -1.67. The highest BCUT2D eigenvalue weighted by Gasteiger charge is 2.13. The van der Waals surface area contributed by atoms with Gasteiger partial charge in [-0.25, -0.2) is 0 Å². The summed E-state index contributed by atoms with van der Waals surface area (Å²) in [5.74, 6) is 0. The first-order chi connectivity index (χ1) is 8.36. The molecule has 1 radical (unpaired) electrons. The molecule has 0 atom stereocenters. The molecule has 0 amide bonds. The van der Waals surface area contributed by atoms with Gasteiger partial charge in [0.1, 0.15) is 0 Å². The van der Waals surface area contributed by atoms with Crippen LogP contribution in [0, 0.1) is 0 Å². The lowest BCUT2D eigenvalue weighted by Gasteiger charge is -2.14. The molecule has 0 nitrogen and oxygen atoms in total. The third-order valence-corrected chi connectivity index (χ3v) is 5.71. The summed E-state index contributed by atoms with van der Waals surface area (Å²) < 4.78 is 0. The van der Waals surface area contributed by atoms with E-state index in [2.05, 4.69) is 55.6 Å². The highest BCUT2D eigenvalue weighted by Crippen LogP contribution is 2.14. The molecule has 0 aliphatic heterocycles. The van der Waals surface area contributed by atoms with Crippen LogP contribution in [0.25, 0.3) is 10.8 Å². The van der Waals surface area contributed by atoms with Crippen molar-refractivity contribution in [2.45, 2.75) is 12.1 Å². The minimum Gasteiger partial charge on any atom is -0.269 e. The van der Waals surface area contributed by atoms with Crippen LogP contribution in [0.1, 0.15) is 0 Å². The highest BCUT2D eigenvalue weighted by atomic mass is 28.3. The topological polar surface area (TPSA) is 0 Å². The molecule has 0 saturated carbocycles. The van der Waals surface area contributed by atoms with E-state index in [4.69, 9.17) is 0 Å². The van der Waals surface area contributed by atoms with Gasteiger partial charge in [0.2, 0.25) is 0 Å². The lowest BCUT2D eigenvalue weighted by atomic mass is 10.1. The number of hydrogen-bond acceptors (Lipinski definition) is 0. The van der Waals surface area contributed by atoms with Crippen LogP contribution in [0.2, 0.25) is 12.1 Å². The van der Waals surface area contributed by atoms with Gasteiger partial charge in [-0.2, -0.15) is 0 Å². The Morgan fingerprint density at radius 2 is 1.50 bits per heavy atom. The molecule has 2 rings (SSSR count). The summed E-state index contributed by atoms with van der Waals surface area (Å²) in [6, 6.07) is 17.4. The lowest BCUT2D eigenvalue weighted by molar-refractivity contribution is 1.11. The van der Waals surface area contributed by atoms with Crippen molar-refractivity contribution in [3.8, 4) is 0 Å². The maximum absolute atomic E-state index is 3.88. The van der Waals surface area contributed by atoms with Gasteiger partial charge < -0.3 is 0 Å². The van der Waals surface area contributed by atoms with Crippen LogP contribution in [0.3, 0.4) is 0 Å². The number of fused-ring (bicyclic) bond motifs is 1. The van der Waals surface area contributed by atoms with E-state index in [1.165, 1.54) is 16.0 Å². The van der Waals surface area contributed by atoms with Crippen LogP contribution < -0.4 is 5.19 Å². The summed E-state index contributed by atoms with van der Waals surface area (Å²) >= 11 is 0.